The minimum absolute atomic E-state index is 0.219. The zero-order valence-electron chi connectivity index (χ0n) is 11.6. The number of nitrogens with two attached hydrogens (primary N) is 1. The molecule has 2 aromatic rings. The molecule has 0 aliphatic rings. The average molecular weight is 271 g/mol. The number of carbonyl (C=O) groups is 1. The van der Waals surface area contributed by atoms with Gasteiger partial charge in [0.25, 0.3) is 0 Å². The Morgan fingerprint density at radius 2 is 1.85 bits per heavy atom. The molecule has 0 bridgehead atoms. The van der Waals surface area contributed by atoms with Crippen LogP contribution in [-0.2, 0) is 11.3 Å². The summed E-state index contributed by atoms with van der Waals surface area (Å²) in [6.45, 7) is 2.02. The lowest BCUT2D eigenvalue weighted by Crippen LogP contribution is -2.08. The maximum Gasteiger partial charge on any atom is 0.338 e. The van der Waals surface area contributed by atoms with Gasteiger partial charge in [-0.3, -0.25) is 0 Å². The summed E-state index contributed by atoms with van der Waals surface area (Å²) >= 11 is 0. The Bertz CT molecular complexity index is 606. The first-order valence-electron chi connectivity index (χ1n) is 6.27. The van der Waals surface area contributed by atoms with Gasteiger partial charge < -0.3 is 15.2 Å². The van der Waals surface area contributed by atoms with E-state index in [1.807, 2.05) is 24.3 Å². The van der Waals surface area contributed by atoms with E-state index in [1.165, 1.54) is 0 Å². The summed E-state index contributed by atoms with van der Waals surface area (Å²) < 4.78 is 10.4. The summed E-state index contributed by atoms with van der Waals surface area (Å²) in [5, 5.41) is 0. The molecule has 0 aliphatic carbocycles. The van der Waals surface area contributed by atoms with Crippen LogP contribution in [-0.4, -0.2) is 13.1 Å². The molecule has 4 nitrogen and oxygen atoms in total. The number of benzene rings is 2. The van der Waals surface area contributed by atoms with Crippen molar-refractivity contribution in [3.63, 3.8) is 0 Å². The molecule has 0 saturated heterocycles. The van der Waals surface area contributed by atoms with Crippen molar-refractivity contribution in [3.8, 4) is 5.75 Å². The van der Waals surface area contributed by atoms with Gasteiger partial charge in [0.1, 0.15) is 12.4 Å². The second-order valence-corrected chi connectivity index (χ2v) is 4.44. The lowest BCUT2D eigenvalue weighted by atomic mass is 10.1. The Morgan fingerprint density at radius 3 is 2.50 bits per heavy atom. The first kappa shape index (κ1) is 13.9. The molecule has 0 atom stereocenters. The number of methoxy groups -OCH3 is 1. The summed E-state index contributed by atoms with van der Waals surface area (Å²) in [5.41, 5.74) is 8.51. The van der Waals surface area contributed by atoms with Crippen molar-refractivity contribution in [1.82, 2.24) is 0 Å². The summed E-state index contributed by atoms with van der Waals surface area (Å²) in [5.74, 6) is 0.400. The van der Waals surface area contributed by atoms with Crippen LogP contribution >= 0.6 is 0 Å². The predicted octanol–water partition coefficient (Wildman–Crippen LogP) is 2.94. The van der Waals surface area contributed by atoms with Crippen molar-refractivity contribution >= 4 is 11.7 Å². The first-order valence-corrected chi connectivity index (χ1v) is 6.27. The number of nitrogen functional groups attached to an aromatic ring is 1. The monoisotopic (exact) mass is 271 g/mol. The van der Waals surface area contributed by atoms with Crippen LogP contribution in [0, 0.1) is 6.92 Å². The third-order valence-electron chi connectivity index (χ3n) is 3.12. The average Bonchev–Trinajstić information content (AvgIpc) is 2.48. The van der Waals surface area contributed by atoms with E-state index < -0.39 is 0 Å². The fourth-order valence-corrected chi connectivity index (χ4v) is 1.82. The number of rotatable bonds is 4. The highest BCUT2D eigenvalue weighted by Gasteiger charge is 2.11. The second-order valence-electron chi connectivity index (χ2n) is 4.44. The quantitative estimate of drug-likeness (QED) is 0.686. The predicted molar refractivity (Wildman–Crippen MR) is 77.7 cm³/mol. The topological polar surface area (TPSA) is 61.5 Å². The van der Waals surface area contributed by atoms with E-state index in [-0.39, 0.29) is 12.6 Å². The summed E-state index contributed by atoms with van der Waals surface area (Å²) in [6, 6.07) is 12.6. The molecule has 0 spiro atoms. The molecule has 2 rings (SSSR count). The minimum atomic E-state index is -0.370. The van der Waals surface area contributed by atoms with Crippen LogP contribution in [0.3, 0.4) is 0 Å². The molecule has 0 aromatic heterocycles. The Hall–Kier alpha value is -2.49. The second kappa shape index (κ2) is 6.10. The number of ether oxygens (including phenoxy) is 2. The maximum atomic E-state index is 12.0. The van der Waals surface area contributed by atoms with E-state index in [1.54, 1.807) is 32.2 Å². The van der Waals surface area contributed by atoms with Gasteiger partial charge in [0, 0.05) is 5.69 Å². The smallest absolute Gasteiger partial charge is 0.338 e. The van der Waals surface area contributed by atoms with Crippen LogP contribution in [0.4, 0.5) is 5.69 Å². The Kier molecular flexibility index (Phi) is 4.25. The molecule has 2 N–H and O–H groups in total. The van der Waals surface area contributed by atoms with Gasteiger partial charge in [0.15, 0.2) is 0 Å². The number of anilines is 1. The highest BCUT2D eigenvalue weighted by molar-refractivity contribution is 5.92. The van der Waals surface area contributed by atoms with Gasteiger partial charge in [-0.1, -0.05) is 18.2 Å². The van der Waals surface area contributed by atoms with Gasteiger partial charge in [-0.2, -0.15) is 0 Å². The third-order valence-corrected chi connectivity index (χ3v) is 3.12. The Morgan fingerprint density at radius 1 is 1.15 bits per heavy atom. The minimum Gasteiger partial charge on any atom is -0.497 e. The van der Waals surface area contributed by atoms with Crippen molar-refractivity contribution in [1.29, 1.82) is 0 Å². The molecule has 0 amide bonds. The van der Waals surface area contributed by atoms with Gasteiger partial charge in [-0.25, -0.2) is 4.79 Å². The molecule has 0 aliphatic heterocycles. The van der Waals surface area contributed by atoms with Crippen molar-refractivity contribution in [2.75, 3.05) is 12.8 Å². The first-order chi connectivity index (χ1) is 9.61. The van der Waals surface area contributed by atoms with Gasteiger partial charge in [0.05, 0.1) is 12.7 Å². The molecule has 104 valence electrons. The van der Waals surface area contributed by atoms with Gasteiger partial charge >= 0.3 is 5.97 Å². The SMILES string of the molecule is COc1ccc(COC(=O)c2cccc(N)c2C)cc1. The van der Waals surface area contributed by atoms with E-state index in [4.69, 9.17) is 15.2 Å². The molecule has 0 fully saturated rings. The molecule has 0 heterocycles. The number of esters is 1. The van der Waals surface area contributed by atoms with Crippen LogP contribution in [0.1, 0.15) is 21.5 Å². The molecule has 4 heteroatoms. The standard InChI is InChI=1S/C16H17NO3/c1-11-14(4-3-5-15(11)17)16(18)20-10-12-6-8-13(19-2)9-7-12/h3-9H,10,17H2,1-2H3. The van der Waals surface area contributed by atoms with Gasteiger partial charge in [0.2, 0.25) is 0 Å². The van der Waals surface area contributed by atoms with E-state index in [0.717, 1.165) is 16.9 Å². The van der Waals surface area contributed by atoms with Gasteiger partial charge in [-0.15, -0.1) is 0 Å². The molecule has 20 heavy (non-hydrogen) atoms. The van der Waals surface area contributed by atoms with E-state index in [2.05, 4.69) is 0 Å². The van der Waals surface area contributed by atoms with E-state index in [9.17, 15) is 4.79 Å². The molecule has 0 saturated carbocycles. The highest BCUT2D eigenvalue weighted by atomic mass is 16.5. The van der Waals surface area contributed by atoms with E-state index in [0.29, 0.717) is 11.3 Å². The maximum absolute atomic E-state index is 12.0. The molecule has 0 unspecified atom stereocenters. The van der Waals surface area contributed by atoms with Crippen molar-refractivity contribution in [3.05, 3.63) is 59.2 Å². The van der Waals surface area contributed by atoms with Crippen LogP contribution in [0.2, 0.25) is 0 Å². The molecular formula is C16H17NO3. The highest BCUT2D eigenvalue weighted by Crippen LogP contribution is 2.17. The fourth-order valence-electron chi connectivity index (χ4n) is 1.82. The fraction of sp³-hybridized carbons (Fsp3) is 0.188. The molecule has 0 radical (unpaired) electrons. The lowest BCUT2D eigenvalue weighted by Gasteiger charge is -2.09. The third kappa shape index (κ3) is 3.09. The van der Waals surface area contributed by atoms with Crippen LogP contribution < -0.4 is 10.5 Å². The van der Waals surface area contributed by atoms with Gasteiger partial charge in [-0.05, 0) is 42.3 Å². The Balaban J connectivity index is 2.02. The lowest BCUT2D eigenvalue weighted by molar-refractivity contribution is 0.0472. The van der Waals surface area contributed by atoms with Crippen LogP contribution in [0.25, 0.3) is 0 Å². The van der Waals surface area contributed by atoms with Crippen molar-refractivity contribution in [2.45, 2.75) is 13.5 Å². The largest absolute Gasteiger partial charge is 0.497 e. The van der Waals surface area contributed by atoms with E-state index >= 15 is 0 Å². The normalized spacial score (nSPS) is 10.1. The number of carbonyl (C=O) groups excluding carboxylic acids is 1. The number of hydrogen-bond donors (Lipinski definition) is 1. The Labute approximate surface area is 118 Å². The van der Waals surface area contributed by atoms with Crippen LogP contribution in [0.15, 0.2) is 42.5 Å². The summed E-state index contributed by atoms with van der Waals surface area (Å²) in [6.07, 6.45) is 0. The summed E-state index contributed by atoms with van der Waals surface area (Å²) in [7, 11) is 1.61. The van der Waals surface area contributed by atoms with Crippen molar-refractivity contribution in [2.24, 2.45) is 0 Å². The van der Waals surface area contributed by atoms with Crippen molar-refractivity contribution < 1.29 is 14.3 Å². The number of hydrogen-bond acceptors (Lipinski definition) is 4. The molecule has 2 aromatic carbocycles. The summed E-state index contributed by atoms with van der Waals surface area (Å²) in [4.78, 5) is 12.0. The zero-order valence-corrected chi connectivity index (χ0v) is 11.6. The van der Waals surface area contributed by atoms with Crippen LogP contribution in [0.5, 0.6) is 5.75 Å². The zero-order chi connectivity index (χ0) is 14.5. The molecular weight excluding hydrogens is 254 g/mol.